The zero-order valence-corrected chi connectivity index (χ0v) is 57.0. The lowest BCUT2D eigenvalue weighted by molar-refractivity contribution is -0.161. The van der Waals surface area contributed by atoms with Crippen LogP contribution in [-0.4, -0.2) is 96.7 Å². The highest BCUT2D eigenvalue weighted by molar-refractivity contribution is 7.47. The normalized spacial score (nSPS) is 14.7. The Hall–Kier alpha value is -1.94. The molecule has 0 fully saturated rings. The average molecular weight is 1260 g/mol. The molecule has 0 saturated carbocycles. The molecule has 0 aromatic carbocycles. The van der Waals surface area contributed by atoms with Crippen LogP contribution in [0.15, 0.2) is 0 Å². The number of unbranched alkanes of at least 4 members (excludes halogenated alkanes) is 28. The van der Waals surface area contributed by atoms with Crippen molar-refractivity contribution < 1.29 is 80.2 Å². The summed E-state index contributed by atoms with van der Waals surface area (Å²) in [7, 11) is -9.89. The lowest BCUT2D eigenvalue weighted by Crippen LogP contribution is -2.30. The quantitative estimate of drug-likeness (QED) is 0.0222. The molecule has 3 unspecified atom stereocenters. The molecule has 0 radical (unpaired) electrons. The molecule has 0 aliphatic rings. The van der Waals surface area contributed by atoms with Gasteiger partial charge in [-0.05, 0) is 49.4 Å². The average Bonchev–Trinajstić information content (AvgIpc) is 3.49. The Morgan fingerprint density at radius 2 is 0.565 bits per heavy atom. The first-order valence-corrected chi connectivity index (χ1v) is 37.2. The molecule has 17 nitrogen and oxygen atoms in total. The van der Waals surface area contributed by atoms with E-state index >= 15 is 0 Å². The maximum absolute atomic E-state index is 13.0. The number of phosphoric ester groups is 2. The highest BCUT2D eigenvalue weighted by atomic mass is 31.2. The molecule has 0 aliphatic heterocycles. The summed E-state index contributed by atoms with van der Waals surface area (Å²) in [5.41, 5.74) is 0. The van der Waals surface area contributed by atoms with Gasteiger partial charge in [0.05, 0.1) is 26.4 Å². The van der Waals surface area contributed by atoms with E-state index in [0.29, 0.717) is 31.6 Å². The van der Waals surface area contributed by atoms with Gasteiger partial charge in [-0.15, -0.1) is 0 Å². The second kappa shape index (κ2) is 56.1. The molecule has 0 aliphatic carbocycles. The number of rotatable bonds is 63. The molecule has 0 saturated heterocycles. The molecular formula is C66H128O17P2. The van der Waals surface area contributed by atoms with Crippen LogP contribution in [-0.2, 0) is 65.4 Å². The van der Waals surface area contributed by atoms with Crippen molar-refractivity contribution in [2.75, 3.05) is 39.6 Å². The van der Waals surface area contributed by atoms with Crippen LogP contribution < -0.4 is 0 Å². The number of esters is 4. The van der Waals surface area contributed by atoms with Gasteiger partial charge in [-0.25, -0.2) is 9.13 Å². The third kappa shape index (κ3) is 59.5. The summed E-state index contributed by atoms with van der Waals surface area (Å²) in [4.78, 5) is 72.3. The van der Waals surface area contributed by atoms with E-state index in [1.807, 2.05) is 0 Å². The molecule has 3 N–H and O–H groups in total. The molecule has 0 aromatic heterocycles. The predicted molar refractivity (Wildman–Crippen MR) is 340 cm³/mol. The number of hydrogen-bond donors (Lipinski definition) is 3. The molecule has 0 amide bonds. The summed E-state index contributed by atoms with van der Waals surface area (Å²) in [6.45, 7) is 14.0. The third-order valence-corrected chi connectivity index (χ3v) is 17.3. The van der Waals surface area contributed by atoms with Crippen LogP contribution >= 0.6 is 15.6 Å². The van der Waals surface area contributed by atoms with Crippen LogP contribution in [0.5, 0.6) is 0 Å². The van der Waals surface area contributed by atoms with E-state index in [2.05, 4.69) is 55.4 Å². The van der Waals surface area contributed by atoms with E-state index in [0.717, 1.165) is 120 Å². The Kier molecular flexibility index (Phi) is 54.8. The molecule has 0 heterocycles. The third-order valence-electron chi connectivity index (χ3n) is 15.4. The number of hydrogen-bond acceptors (Lipinski definition) is 15. The molecule has 6 atom stereocenters. The van der Waals surface area contributed by atoms with Crippen molar-refractivity contribution in [1.29, 1.82) is 0 Å². The molecular weight excluding hydrogens is 1130 g/mol. The zero-order chi connectivity index (χ0) is 63.2. The van der Waals surface area contributed by atoms with Crippen molar-refractivity contribution in [3.05, 3.63) is 0 Å². The fraction of sp³-hybridized carbons (Fsp3) is 0.939. The Morgan fingerprint density at radius 3 is 0.835 bits per heavy atom. The summed E-state index contributed by atoms with van der Waals surface area (Å²) >= 11 is 0. The zero-order valence-electron chi connectivity index (χ0n) is 55.2. The highest BCUT2D eigenvalue weighted by Gasteiger charge is 2.30. The van der Waals surface area contributed by atoms with E-state index < -0.39 is 97.5 Å². The lowest BCUT2D eigenvalue weighted by Gasteiger charge is -2.21. The van der Waals surface area contributed by atoms with Gasteiger partial charge in [0, 0.05) is 25.7 Å². The minimum absolute atomic E-state index is 0.104. The van der Waals surface area contributed by atoms with Crippen molar-refractivity contribution >= 4 is 39.5 Å². The number of ether oxygens (including phenoxy) is 4. The first-order valence-electron chi connectivity index (χ1n) is 34.2. The van der Waals surface area contributed by atoms with Crippen LogP contribution in [0.2, 0.25) is 0 Å². The van der Waals surface area contributed by atoms with E-state index in [4.69, 9.17) is 37.0 Å². The number of aliphatic hydroxyl groups is 1. The molecule has 504 valence electrons. The van der Waals surface area contributed by atoms with E-state index in [9.17, 15) is 43.2 Å². The Morgan fingerprint density at radius 1 is 0.329 bits per heavy atom. The minimum Gasteiger partial charge on any atom is -0.462 e. The first-order chi connectivity index (χ1) is 40.6. The SMILES string of the molecule is CCC(C)CCCCCCCCC(=O)OC[C@H](COP(=O)(O)OC[C@H](O)COP(=O)(O)OC[C@@H](COC(=O)CCCCCCCCCC(C)C)OC(=O)CCCCCCCCCCCC(C)C)OC(=O)CCCCCCCCCCCCC(C)C. The van der Waals surface area contributed by atoms with Gasteiger partial charge in [-0.1, -0.05) is 267 Å². The Balaban J connectivity index is 5.26. The van der Waals surface area contributed by atoms with Crippen LogP contribution in [0.4, 0.5) is 0 Å². The second-order valence-corrected chi connectivity index (χ2v) is 28.4. The fourth-order valence-electron chi connectivity index (χ4n) is 9.75. The second-order valence-electron chi connectivity index (χ2n) is 25.5. The number of phosphoric acid groups is 2. The Bertz CT molecular complexity index is 1700. The maximum Gasteiger partial charge on any atom is 0.472 e. The van der Waals surface area contributed by atoms with Gasteiger partial charge in [0.2, 0.25) is 0 Å². The van der Waals surface area contributed by atoms with Gasteiger partial charge in [0.1, 0.15) is 19.3 Å². The number of carbonyl (C=O) groups excluding carboxylic acids is 4. The standard InChI is InChI=1S/C66H128O17P2/c1-9-59(8)45-37-29-24-25-31-39-47-64(69)77-53-62(83-65(70)48-40-32-21-15-11-10-13-18-26-34-42-56(2)3)55-81-85(74,75)79-51-60(67)50-78-84(72,73)80-54-61(52-76-63(68)46-38-30-23-17-20-28-36-44-58(6)7)82-66(71)49-41-33-22-16-12-14-19-27-35-43-57(4)5/h56-62,67H,9-55H2,1-8H3,(H,72,73)(H,74,75)/t59?,60-,61-,62-/m1/s1. The fourth-order valence-corrected chi connectivity index (χ4v) is 11.3. The summed E-state index contributed by atoms with van der Waals surface area (Å²) < 4.78 is 68.1. The van der Waals surface area contributed by atoms with Gasteiger partial charge < -0.3 is 33.8 Å². The molecule has 0 spiro atoms. The van der Waals surface area contributed by atoms with Crippen molar-refractivity contribution in [3.63, 3.8) is 0 Å². The van der Waals surface area contributed by atoms with E-state index in [1.54, 1.807) is 0 Å². The van der Waals surface area contributed by atoms with Crippen molar-refractivity contribution in [2.24, 2.45) is 23.7 Å². The molecule has 19 heteroatoms. The van der Waals surface area contributed by atoms with E-state index in [-0.39, 0.29) is 25.7 Å². The highest BCUT2D eigenvalue weighted by Crippen LogP contribution is 2.45. The van der Waals surface area contributed by atoms with E-state index in [1.165, 1.54) is 109 Å². The molecule has 0 rings (SSSR count). The lowest BCUT2D eigenvalue weighted by atomic mass is 10.00. The van der Waals surface area contributed by atoms with Crippen LogP contribution in [0.1, 0.15) is 319 Å². The number of carbonyl (C=O) groups is 4. The molecule has 0 bridgehead atoms. The van der Waals surface area contributed by atoms with Gasteiger partial charge in [-0.2, -0.15) is 0 Å². The van der Waals surface area contributed by atoms with Crippen molar-refractivity contribution in [3.8, 4) is 0 Å². The van der Waals surface area contributed by atoms with Crippen LogP contribution in [0, 0.1) is 23.7 Å². The monoisotopic (exact) mass is 1250 g/mol. The molecule has 85 heavy (non-hydrogen) atoms. The first kappa shape index (κ1) is 83.1. The van der Waals surface area contributed by atoms with Gasteiger partial charge in [-0.3, -0.25) is 37.3 Å². The predicted octanol–water partition coefficient (Wildman–Crippen LogP) is 18.1. The summed E-state index contributed by atoms with van der Waals surface area (Å²) in [5, 5.41) is 10.6. The smallest absolute Gasteiger partial charge is 0.462 e. The maximum atomic E-state index is 13.0. The number of aliphatic hydroxyl groups excluding tert-OH is 1. The minimum atomic E-state index is -4.95. The van der Waals surface area contributed by atoms with Crippen molar-refractivity contribution in [1.82, 2.24) is 0 Å². The summed E-state index contributed by atoms with van der Waals surface area (Å²) in [6.07, 6.45) is 36.3. The van der Waals surface area contributed by atoms with Gasteiger partial charge in [0.25, 0.3) is 0 Å². The largest absolute Gasteiger partial charge is 0.472 e. The molecule has 0 aromatic rings. The van der Waals surface area contributed by atoms with Gasteiger partial charge in [0.15, 0.2) is 12.2 Å². The van der Waals surface area contributed by atoms with Crippen LogP contribution in [0.25, 0.3) is 0 Å². The van der Waals surface area contributed by atoms with Crippen molar-refractivity contribution in [2.45, 2.75) is 337 Å². The van der Waals surface area contributed by atoms with Crippen LogP contribution in [0.3, 0.4) is 0 Å². The topological polar surface area (TPSA) is 237 Å². The Labute approximate surface area is 517 Å². The summed E-state index contributed by atoms with van der Waals surface area (Å²) in [5.74, 6) is 0.787. The van der Waals surface area contributed by atoms with Gasteiger partial charge >= 0.3 is 39.5 Å². The summed E-state index contributed by atoms with van der Waals surface area (Å²) in [6, 6.07) is 0.